The highest BCUT2D eigenvalue weighted by atomic mass is 35.5. The van der Waals surface area contributed by atoms with E-state index < -0.39 is 0 Å². The predicted octanol–water partition coefficient (Wildman–Crippen LogP) is 5.61. The van der Waals surface area contributed by atoms with Gasteiger partial charge in [0.25, 0.3) is 0 Å². The highest BCUT2D eigenvalue weighted by Gasteiger charge is 2.23. The fraction of sp³-hybridized carbons (Fsp3) is 0.455. The first-order valence-corrected chi connectivity index (χ1v) is 11.1. The smallest absolute Gasteiger partial charge is 0.146 e. The first kappa shape index (κ1) is 19.1. The van der Waals surface area contributed by atoms with Crippen molar-refractivity contribution < 1.29 is 4.39 Å². The van der Waals surface area contributed by atoms with Gasteiger partial charge in [0.05, 0.1) is 5.69 Å². The third kappa shape index (κ3) is 4.98. The number of hydrogen-bond acceptors (Lipinski definition) is 3. The molecule has 2 aromatic rings. The Morgan fingerprint density at radius 3 is 2.44 bits per heavy atom. The molecule has 27 heavy (non-hydrogen) atoms. The van der Waals surface area contributed by atoms with Gasteiger partial charge < -0.3 is 4.90 Å². The molecule has 0 N–H and O–H groups in total. The summed E-state index contributed by atoms with van der Waals surface area (Å²) in [7, 11) is 0. The van der Waals surface area contributed by atoms with Crippen LogP contribution >= 0.6 is 23.4 Å². The van der Waals surface area contributed by atoms with Crippen molar-refractivity contribution in [3.8, 4) is 0 Å². The van der Waals surface area contributed by atoms with Gasteiger partial charge in [0.15, 0.2) is 0 Å². The maximum absolute atomic E-state index is 14.6. The van der Waals surface area contributed by atoms with Gasteiger partial charge in [-0.2, -0.15) is 0 Å². The van der Waals surface area contributed by atoms with Gasteiger partial charge in [0.1, 0.15) is 5.82 Å². The largest absolute Gasteiger partial charge is 0.367 e. The minimum atomic E-state index is -0.0885. The van der Waals surface area contributed by atoms with Gasteiger partial charge in [-0.3, -0.25) is 4.90 Å². The normalized spacial score (nSPS) is 18.1. The summed E-state index contributed by atoms with van der Waals surface area (Å²) in [6.45, 7) is 6.55. The molecular formula is C22H26ClFN2S. The lowest BCUT2D eigenvalue weighted by atomic mass is 10.1. The zero-order chi connectivity index (χ0) is 18.8. The molecule has 1 heterocycles. The van der Waals surface area contributed by atoms with Crippen LogP contribution < -0.4 is 4.90 Å². The van der Waals surface area contributed by atoms with Gasteiger partial charge in [0.2, 0.25) is 0 Å². The van der Waals surface area contributed by atoms with Gasteiger partial charge >= 0.3 is 0 Å². The second-order valence-electron chi connectivity index (χ2n) is 7.71. The number of halogens is 2. The van der Waals surface area contributed by atoms with E-state index in [9.17, 15) is 4.39 Å². The maximum atomic E-state index is 14.6. The summed E-state index contributed by atoms with van der Waals surface area (Å²) in [5, 5.41) is 0.772. The number of piperazine rings is 1. The average molecular weight is 405 g/mol. The molecule has 0 spiro atoms. The van der Waals surface area contributed by atoms with Crippen LogP contribution in [0.1, 0.15) is 24.0 Å². The number of thioether (sulfide) groups is 1. The summed E-state index contributed by atoms with van der Waals surface area (Å²) >= 11 is 7.86. The predicted molar refractivity (Wildman–Crippen MR) is 114 cm³/mol. The second-order valence-corrected chi connectivity index (χ2v) is 9.21. The number of nitrogens with zero attached hydrogens (tertiary/aromatic N) is 2. The van der Waals surface area contributed by atoms with E-state index in [4.69, 9.17) is 11.6 Å². The molecule has 1 saturated heterocycles. The van der Waals surface area contributed by atoms with Crippen LogP contribution in [0.25, 0.3) is 0 Å². The average Bonchev–Trinajstić information content (AvgIpc) is 3.48. The second kappa shape index (κ2) is 8.42. The molecule has 0 unspecified atom stereocenters. The molecule has 0 atom stereocenters. The summed E-state index contributed by atoms with van der Waals surface area (Å²) < 4.78 is 14.6. The quantitative estimate of drug-likeness (QED) is 0.577. The van der Waals surface area contributed by atoms with Gasteiger partial charge in [0, 0.05) is 48.4 Å². The molecule has 1 aliphatic carbocycles. The summed E-state index contributed by atoms with van der Waals surface area (Å²) in [5.74, 6) is 1.95. The molecule has 2 aromatic carbocycles. The highest BCUT2D eigenvalue weighted by Crippen LogP contribution is 2.38. The molecule has 0 radical (unpaired) electrons. The van der Waals surface area contributed by atoms with Crippen LogP contribution in [0.15, 0.2) is 41.3 Å². The maximum Gasteiger partial charge on any atom is 0.146 e. The Labute approximate surface area is 170 Å². The van der Waals surface area contributed by atoms with Crippen molar-refractivity contribution in [1.29, 1.82) is 0 Å². The fourth-order valence-corrected chi connectivity index (χ4v) is 4.88. The van der Waals surface area contributed by atoms with Crippen molar-refractivity contribution in [2.75, 3.05) is 36.8 Å². The zero-order valence-corrected chi connectivity index (χ0v) is 17.3. The van der Waals surface area contributed by atoms with Crippen molar-refractivity contribution in [3.63, 3.8) is 0 Å². The molecule has 2 nitrogen and oxygen atoms in total. The molecule has 1 aliphatic heterocycles. The molecule has 2 fully saturated rings. The standard InChI is InChI=1S/C22H26ClFN2S/c1-16-12-20(24)21(13-22(16)27-15-18-2-3-18)26-10-8-25(9-11-26)14-17-4-6-19(23)7-5-17/h4-7,12-13,18H,2-3,8-11,14-15H2,1H3. The highest BCUT2D eigenvalue weighted by molar-refractivity contribution is 7.99. The van der Waals surface area contributed by atoms with Crippen LogP contribution in [0.5, 0.6) is 0 Å². The fourth-order valence-electron chi connectivity index (χ4n) is 3.53. The van der Waals surface area contributed by atoms with Crippen molar-refractivity contribution in [2.24, 2.45) is 5.92 Å². The van der Waals surface area contributed by atoms with Gasteiger partial charge in [-0.05, 0) is 61.1 Å². The molecule has 4 rings (SSSR count). The van der Waals surface area contributed by atoms with E-state index in [-0.39, 0.29) is 5.82 Å². The van der Waals surface area contributed by atoms with Gasteiger partial charge in [-0.1, -0.05) is 23.7 Å². The molecular weight excluding hydrogens is 379 g/mol. The minimum absolute atomic E-state index is 0.0885. The Kier molecular flexibility index (Phi) is 5.96. The van der Waals surface area contributed by atoms with E-state index >= 15 is 0 Å². The Morgan fingerprint density at radius 1 is 1.07 bits per heavy atom. The molecule has 5 heteroatoms. The van der Waals surface area contributed by atoms with Crippen LogP contribution in [0.2, 0.25) is 5.02 Å². The molecule has 0 bridgehead atoms. The molecule has 1 saturated carbocycles. The monoisotopic (exact) mass is 404 g/mol. The van der Waals surface area contributed by atoms with Crippen molar-refractivity contribution in [1.82, 2.24) is 4.90 Å². The third-order valence-electron chi connectivity index (χ3n) is 5.45. The molecule has 144 valence electrons. The number of aryl methyl sites for hydroxylation is 1. The topological polar surface area (TPSA) is 6.48 Å². The number of hydrogen-bond donors (Lipinski definition) is 0. The lowest BCUT2D eigenvalue weighted by molar-refractivity contribution is 0.249. The number of benzene rings is 2. The van der Waals surface area contributed by atoms with Crippen LogP contribution in [0, 0.1) is 18.7 Å². The summed E-state index contributed by atoms with van der Waals surface area (Å²) in [6.07, 6.45) is 2.71. The lowest BCUT2D eigenvalue weighted by Gasteiger charge is -2.36. The van der Waals surface area contributed by atoms with Crippen LogP contribution in [0.3, 0.4) is 0 Å². The van der Waals surface area contributed by atoms with Crippen LogP contribution in [-0.2, 0) is 6.54 Å². The zero-order valence-electron chi connectivity index (χ0n) is 15.8. The summed E-state index contributed by atoms with van der Waals surface area (Å²) in [6, 6.07) is 11.8. The lowest BCUT2D eigenvalue weighted by Crippen LogP contribution is -2.46. The van der Waals surface area contributed by atoms with E-state index in [0.717, 1.165) is 54.9 Å². The SMILES string of the molecule is Cc1cc(F)c(N2CCN(Cc3ccc(Cl)cc3)CC2)cc1SCC1CC1. The minimum Gasteiger partial charge on any atom is -0.367 e. The van der Waals surface area contributed by atoms with E-state index in [2.05, 4.69) is 28.0 Å². The van der Waals surface area contributed by atoms with Crippen molar-refractivity contribution >= 4 is 29.1 Å². The van der Waals surface area contributed by atoms with E-state index in [1.165, 1.54) is 29.1 Å². The van der Waals surface area contributed by atoms with Crippen LogP contribution in [-0.4, -0.2) is 36.8 Å². The Hall–Kier alpha value is -1.23. The van der Waals surface area contributed by atoms with Crippen molar-refractivity contribution in [2.45, 2.75) is 31.2 Å². The molecule has 0 aromatic heterocycles. The van der Waals surface area contributed by atoms with E-state index in [1.54, 1.807) is 6.07 Å². The van der Waals surface area contributed by atoms with Crippen molar-refractivity contribution in [3.05, 3.63) is 58.4 Å². The molecule has 0 amide bonds. The van der Waals surface area contributed by atoms with E-state index in [0.29, 0.717) is 0 Å². The van der Waals surface area contributed by atoms with Gasteiger partial charge in [-0.25, -0.2) is 4.39 Å². The first-order chi connectivity index (χ1) is 13.1. The first-order valence-electron chi connectivity index (χ1n) is 9.73. The Morgan fingerprint density at radius 2 is 1.78 bits per heavy atom. The Bertz CT molecular complexity index is 784. The van der Waals surface area contributed by atoms with Gasteiger partial charge in [-0.15, -0.1) is 11.8 Å². The Balaban J connectivity index is 1.38. The number of anilines is 1. The third-order valence-corrected chi connectivity index (χ3v) is 7.09. The molecule has 2 aliphatic rings. The van der Waals surface area contributed by atoms with Crippen LogP contribution in [0.4, 0.5) is 10.1 Å². The summed E-state index contributed by atoms with van der Waals surface area (Å²) in [5.41, 5.74) is 3.10. The summed E-state index contributed by atoms with van der Waals surface area (Å²) in [4.78, 5) is 5.87. The number of rotatable bonds is 6. The van der Waals surface area contributed by atoms with E-state index in [1.807, 2.05) is 30.8 Å².